The Morgan fingerprint density at radius 2 is 2.24 bits per heavy atom. The van der Waals surface area contributed by atoms with Crippen LogP contribution in [0.2, 0.25) is 10.2 Å². The molecule has 1 unspecified atom stereocenters. The summed E-state index contributed by atoms with van der Waals surface area (Å²) in [4.78, 5) is 28.5. The van der Waals surface area contributed by atoms with Crippen LogP contribution in [0.4, 0.5) is 0 Å². The minimum atomic E-state index is -0.153. The number of carbonyl (C=O) groups is 2. The Morgan fingerprint density at radius 3 is 2.88 bits per heavy atom. The molecule has 0 radical (unpaired) electrons. The van der Waals surface area contributed by atoms with E-state index in [4.69, 9.17) is 23.2 Å². The first-order valence-corrected chi connectivity index (χ1v) is 9.92. The molecule has 3 rings (SSSR count). The first kappa shape index (κ1) is 18.5. The van der Waals surface area contributed by atoms with Crippen LogP contribution in [0.5, 0.6) is 0 Å². The molecule has 0 aliphatic carbocycles. The largest absolute Gasteiger partial charge is 0.345 e. The molecule has 2 amide bonds. The maximum absolute atomic E-state index is 12.5. The molecular formula is C14H15Cl2N5O2S2. The summed E-state index contributed by atoms with van der Waals surface area (Å²) < 4.78 is 7.66. The van der Waals surface area contributed by atoms with Crippen LogP contribution in [0.25, 0.3) is 0 Å². The van der Waals surface area contributed by atoms with Crippen LogP contribution in [0.1, 0.15) is 21.8 Å². The van der Waals surface area contributed by atoms with Gasteiger partial charge in [-0.15, -0.1) is 5.10 Å². The van der Waals surface area contributed by atoms with Crippen molar-refractivity contribution >= 4 is 58.1 Å². The van der Waals surface area contributed by atoms with Crippen LogP contribution < -0.4 is 0 Å². The van der Waals surface area contributed by atoms with Gasteiger partial charge in [0, 0.05) is 32.1 Å². The summed E-state index contributed by atoms with van der Waals surface area (Å²) in [7, 11) is 1.77. The van der Waals surface area contributed by atoms with Gasteiger partial charge in [0.25, 0.3) is 5.91 Å². The van der Waals surface area contributed by atoms with Gasteiger partial charge in [0.1, 0.15) is 9.90 Å². The molecule has 1 fully saturated rings. The van der Waals surface area contributed by atoms with E-state index < -0.39 is 0 Å². The minimum Gasteiger partial charge on any atom is -0.345 e. The molecule has 1 saturated heterocycles. The van der Waals surface area contributed by atoms with Gasteiger partial charge in [-0.05, 0) is 35.4 Å². The molecule has 11 heteroatoms. The zero-order valence-electron chi connectivity index (χ0n) is 13.3. The lowest BCUT2D eigenvalue weighted by atomic mass is 10.1. The molecular weight excluding hydrogens is 405 g/mol. The molecule has 1 aliphatic rings. The van der Waals surface area contributed by atoms with Crippen LogP contribution in [0.3, 0.4) is 0 Å². The average Bonchev–Trinajstić information content (AvgIpc) is 3.31. The van der Waals surface area contributed by atoms with E-state index in [2.05, 4.69) is 14.0 Å². The summed E-state index contributed by atoms with van der Waals surface area (Å²) in [6.07, 6.45) is 1.09. The zero-order chi connectivity index (χ0) is 18.0. The number of carbonyl (C=O) groups excluding carboxylic acids is 2. The fraction of sp³-hybridized carbons (Fsp3) is 0.500. The number of aromatic nitrogens is 3. The molecule has 134 valence electrons. The molecule has 1 atom stereocenters. The number of hydrogen-bond donors (Lipinski definition) is 0. The standard InChI is InChI=1S/C14H15Cl2N5O2S2/c1-20(10(22)4-9-7-24-19-17-9)5-8-2-3-21(6-8)14(23)12-11(15)13(16)18-25-12/h7-8H,2-6H2,1H3. The summed E-state index contributed by atoms with van der Waals surface area (Å²) in [6.45, 7) is 1.81. The summed E-state index contributed by atoms with van der Waals surface area (Å²) in [5.41, 5.74) is 0.682. The molecule has 2 aromatic heterocycles. The second-order valence-electron chi connectivity index (χ2n) is 5.87. The monoisotopic (exact) mass is 419 g/mol. The number of likely N-dealkylation sites (tertiary alicyclic amines) is 1. The number of amides is 2. The van der Waals surface area contributed by atoms with Gasteiger partial charge in [0.05, 0.1) is 12.1 Å². The van der Waals surface area contributed by atoms with Crippen LogP contribution >= 0.6 is 46.3 Å². The van der Waals surface area contributed by atoms with E-state index in [-0.39, 0.29) is 34.3 Å². The smallest absolute Gasteiger partial charge is 0.267 e. The number of hydrogen-bond acceptors (Lipinski definition) is 7. The SMILES string of the molecule is CN(CC1CCN(C(=O)c2snc(Cl)c2Cl)C1)C(=O)Cc1csnn1. The van der Waals surface area contributed by atoms with Gasteiger partial charge < -0.3 is 9.80 Å². The third-order valence-electron chi connectivity index (χ3n) is 4.06. The molecule has 0 saturated carbocycles. The molecule has 2 aromatic rings. The summed E-state index contributed by atoms with van der Waals surface area (Å²) in [6, 6.07) is 0. The van der Waals surface area contributed by atoms with Crippen molar-refractivity contribution in [1.29, 1.82) is 0 Å². The van der Waals surface area contributed by atoms with E-state index >= 15 is 0 Å². The van der Waals surface area contributed by atoms with Crippen molar-refractivity contribution in [2.75, 3.05) is 26.7 Å². The lowest BCUT2D eigenvalue weighted by Gasteiger charge is -2.21. The number of halogens is 2. The third-order valence-corrected chi connectivity index (χ3v) is 6.40. The molecule has 0 spiro atoms. The molecule has 25 heavy (non-hydrogen) atoms. The Morgan fingerprint density at radius 1 is 1.44 bits per heavy atom. The fourth-order valence-corrected chi connectivity index (χ4v) is 4.37. The van der Waals surface area contributed by atoms with Crippen LogP contribution in [-0.2, 0) is 11.2 Å². The lowest BCUT2D eigenvalue weighted by molar-refractivity contribution is -0.129. The van der Waals surface area contributed by atoms with Crippen LogP contribution in [0, 0.1) is 5.92 Å². The van der Waals surface area contributed by atoms with Crippen molar-refractivity contribution < 1.29 is 9.59 Å². The number of likely N-dealkylation sites (N-methyl/N-ethyl adjacent to an activating group) is 1. The van der Waals surface area contributed by atoms with Gasteiger partial charge in [-0.25, -0.2) is 0 Å². The van der Waals surface area contributed by atoms with Crippen LogP contribution in [0.15, 0.2) is 5.38 Å². The summed E-state index contributed by atoms with van der Waals surface area (Å²) in [5.74, 6) is 0.0721. The number of nitrogens with zero attached hydrogens (tertiary/aromatic N) is 5. The van der Waals surface area contributed by atoms with Crippen molar-refractivity contribution in [3.8, 4) is 0 Å². The van der Waals surface area contributed by atoms with E-state index in [9.17, 15) is 9.59 Å². The first-order valence-electron chi connectivity index (χ1n) is 7.55. The summed E-state index contributed by atoms with van der Waals surface area (Å²) in [5, 5.41) is 6.03. The minimum absolute atomic E-state index is 0.00485. The highest BCUT2D eigenvalue weighted by Crippen LogP contribution is 2.31. The predicted octanol–water partition coefficient (Wildman–Crippen LogP) is 2.46. The Hall–Kier alpha value is -1.29. The molecule has 0 aromatic carbocycles. The highest BCUT2D eigenvalue weighted by atomic mass is 35.5. The Balaban J connectivity index is 1.53. The van der Waals surface area contributed by atoms with Crippen molar-refractivity contribution in [2.45, 2.75) is 12.8 Å². The quantitative estimate of drug-likeness (QED) is 0.743. The predicted molar refractivity (Wildman–Crippen MR) is 97.4 cm³/mol. The number of rotatable bonds is 5. The molecule has 7 nitrogen and oxygen atoms in total. The normalized spacial score (nSPS) is 17.1. The van der Waals surface area contributed by atoms with E-state index in [0.29, 0.717) is 30.2 Å². The van der Waals surface area contributed by atoms with E-state index in [1.807, 2.05) is 0 Å². The lowest BCUT2D eigenvalue weighted by Crippen LogP contribution is -2.35. The van der Waals surface area contributed by atoms with Gasteiger partial charge in [-0.1, -0.05) is 27.7 Å². The Labute approximate surface area is 162 Å². The zero-order valence-corrected chi connectivity index (χ0v) is 16.5. The topological polar surface area (TPSA) is 79.3 Å². The van der Waals surface area contributed by atoms with Crippen molar-refractivity contribution in [1.82, 2.24) is 23.8 Å². The maximum atomic E-state index is 12.5. The van der Waals surface area contributed by atoms with Gasteiger partial charge in [0.2, 0.25) is 5.91 Å². The second-order valence-corrected chi connectivity index (χ2v) is 7.99. The highest BCUT2D eigenvalue weighted by molar-refractivity contribution is 7.09. The molecule has 0 bridgehead atoms. The van der Waals surface area contributed by atoms with E-state index in [0.717, 1.165) is 18.0 Å². The van der Waals surface area contributed by atoms with Gasteiger partial charge in [0.15, 0.2) is 5.15 Å². The maximum Gasteiger partial charge on any atom is 0.267 e. The van der Waals surface area contributed by atoms with Gasteiger partial charge >= 0.3 is 0 Å². The van der Waals surface area contributed by atoms with Crippen LogP contribution in [-0.4, -0.2) is 62.3 Å². The second kappa shape index (κ2) is 7.94. The van der Waals surface area contributed by atoms with E-state index in [1.165, 1.54) is 11.5 Å². The van der Waals surface area contributed by atoms with Crippen molar-refractivity contribution in [3.05, 3.63) is 26.1 Å². The van der Waals surface area contributed by atoms with E-state index in [1.54, 1.807) is 22.2 Å². The van der Waals surface area contributed by atoms with Crippen molar-refractivity contribution in [2.24, 2.45) is 5.92 Å². The molecule has 3 heterocycles. The average molecular weight is 420 g/mol. The van der Waals surface area contributed by atoms with Crippen molar-refractivity contribution in [3.63, 3.8) is 0 Å². The third kappa shape index (κ3) is 4.28. The Bertz CT molecular complexity index is 767. The highest BCUT2D eigenvalue weighted by Gasteiger charge is 2.31. The molecule has 0 N–H and O–H groups in total. The van der Waals surface area contributed by atoms with Gasteiger partial charge in [-0.2, -0.15) is 4.37 Å². The Kier molecular flexibility index (Phi) is 5.88. The summed E-state index contributed by atoms with van der Waals surface area (Å²) >= 11 is 14.1. The molecule has 1 aliphatic heterocycles. The fourth-order valence-electron chi connectivity index (χ4n) is 2.74. The first-order chi connectivity index (χ1) is 12.0. The van der Waals surface area contributed by atoms with Gasteiger partial charge in [-0.3, -0.25) is 9.59 Å².